The summed E-state index contributed by atoms with van der Waals surface area (Å²) in [4.78, 5) is 24.1. The van der Waals surface area contributed by atoms with Crippen molar-refractivity contribution in [1.29, 1.82) is 5.26 Å². The lowest BCUT2D eigenvalue weighted by Gasteiger charge is -2.06. The number of nitriles is 1. The fourth-order valence-electron chi connectivity index (χ4n) is 1.01. The Hall–Kier alpha value is -1.87. The van der Waals surface area contributed by atoms with E-state index in [9.17, 15) is 9.59 Å². The molecule has 0 bridgehead atoms. The zero-order valence-corrected chi connectivity index (χ0v) is 7.52. The van der Waals surface area contributed by atoms with Gasteiger partial charge in [0.05, 0.1) is 12.6 Å². The van der Waals surface area contributed by atoms with Gasteiger partial charge in [-0.25, -0.2) is 4.79 Å². The van der Waals surface area contributed by atoms with Crippen LogP contribution >= 0.6 is 0 Å². The molecule has 0 fully saturated rings. The molecule has 0 aliphatic rings. The fraction of sp³-hybridized carbons (Fsp3) is 0.375. The topological polar surface area (TPSA) is 98.9 Å². The third-order valence-electron chi connectivity index (χ3n) is 1.59. The van der Waals surface area contributed by atoms with Crippen LogP contribution < -0.4 is 11.2 Å². The maximum absolute atomic E-state index is 11.1. The molecule has 1 heterocycles. The van der Waals surface area contributed by atoms with Gasteiger partial charge in [0.15, 0.2) is 0 Å². The maximum atomic E-state index is 11.1. The summed E-state index contributed by atoms with van der Waals surface area (Å²) in [5.41, 5.74) is -1.49. The molecule has 0 saturated carbocycles. The highest BCUT2D eigenvalue weighted by Crippen LogP contribution is 1.88. The summed E-state index contributed by atoms with van der Waals surface area (Å²) in [5, 5.41) is 17.5. The van der Waals surface area contributed by atoms with Crippen LogP contribution in [0.1, 0.15) is 12.5 Å². The van der Waals surface area contributed by atoms with Crippen molar-refractivity contribution in [3.05, 3.63) is 32.6 Å². The first-order chi connectivity index (χ1) is 6.54. The van der Waals surface area contributed by atoms with Crippen LogP contribution in [0.5, 0.6) is 0 Å². The molecule has 1 aromatic rings. The minimum absolute atomic E-state index is 0.0459. The zero-order chi connectivity index (χ0) is 10.7. The molecular weight excluding hydrogens is 186 g/mol. The minimum Gasteiger partial charge on any atom is -0.392 e. The van der Waals surface area contributed by atoms with Gasteiger partial charge in [0.1, 0.15) is 11.6 Å². The predicted molar refractivity (Wildman–Crippen MR) is 47.7 cm³/mol. The average Bonchev–Trinajstić information content (AvgIpc) is 2.09. The van der Waals surface area contributed by atoms with E-state index in [1.165, 1.54) is 6.92 Å². The molecule has 0 aromatic carbocycles. The number of aromatic amines is 1. The Morgan fingerprint density at radius 1 is 1.71 bits per heavy atom. The smallest absolute Gasteiger partial charge is 0.328 e. The summed E-state index contributed by atoms with van der Waals surface area (Å²) in [5.74, 6) is 0. The molecule has 74 valence electrons. The van der Waals surface area contributed by atoms with Crippen LogP contribution in [0.2, 0.25) is 0 Å². The van der Waals surface area contributed by atoms with Gasteiger partial charge in [-0.05, 0) is 6.92 Å². The van der Waals surface area contributed by atoms with Gasteiger partial charge in [-0.3, -0.25) is 14.3 Å². The summed E-state index contributed by atoms with van der Waals surface area (Å²) in [7, 11) is 0. The Morgan fingerprint density at radius 2 is 2.36 bits per heavy atom. The second-order valence-corrected chi connectivity index (χ2v) is 2.92. The largest absolute Gasteiger partial charge is 0.392 e. The first-order valence-corrected chi connectivity index (χ1v) is 3.96. The van der Waals surface area contributed by atoms with Crippen molar-refractivity contribution in [2.45, 2.75) is 19.6 Å². The Morgan fingerprint density at radius 3 is 2.86 bits per heavy atom. The lowest BCUT2D eigenvalue weighted by molar-refractivity contribution is 0.171. The summed E-state index contributed by atoms with van der Waals surface area (Å²) in [6.45, 7) is 1.55. The molecule has 0 spiro atoms. The molecule has 0 radical (unpaired) electrons. The summed E-state index contributed by atoms with van der Waals surface area (Å²) in [6.07, 6.45) is 0.415. The molecule has 6 nitrogen and oxygen atoms in total. The Kier molecular flexibility index (Phi) is 2.84. The zero-order valence-electron chi connectivity index (χ0n) is 7.52. The predicted octanol–water partition coefficient (Wildman–Crippen LogP) is -1.21. The highest BCUT2D eigenvalue weighted by molar-refractivity contribution is 5.21. The molecule has 0 amide bonds. The van der Waals surface area contributed by atoms with Crippen LogP contribution in [0.4, 0.5) is 0 Å². The summed E-state index contributed by atoms with van der Waals surface area (Å²) >= 11 is 0. The van der Waals surface area contributed by atoms with Crippen molar-refractivity contribution in [2.75, 3.05) is 0 Å². The Labute approximate surface area is 79.1 Å². The normalized spacial score (nSPS) is 12.1. The van der Waals surface area contributed by atoms with Crippen molar-refractivity contribution in [3.63, 3.8) is 0 Å². The summed E-state index contributed by atoms with van der Waals surface area (Å²) in [6, 6.07) is 1.65. The molecule has 1 aromatic heterocycles. The van der Waals surface area contributed by atoms with Gasteiger partial charge >= 0.3 is 5.69 Å². The molecule has 14 heavy (non-hydrogen) atoms. The number of H-pyrrole nitrogens is 1. The van der Waals surface area contributed by atoms with E-state index in [1.54, 1.807) is 6.07 Å². The monoisotopic (exact) mass is 195 g/mol. The third kappa shape index (κ3) is 2.08. The average molecular weight is 195 g/mol. The molecule has 2 N–H and O–H groups in total. The first-order valence-electron chi connectivity index (χ1n) is 3.96. The number of nitrogens with zero attached hydrogens (tertiary/aromatic N) is 2. The van der Waals surface area contributed by atoms with E-state index in [1.807, 2.05) is 4.98 Å². The van der Waals surface area contributed by atoms with Crippen LogP contribution in [0.3, 0.4) is 0 Å². The SMILES string of the molecule is C[C@H](O)Cn1cc(C#N)c(=O)[nH]c1=O. The van der Waals surface area contributed by atoms with E-state index in [0.29, 0.717) is 0 Å². The van der Waals surface area contributed by atoms with Crippen LogP contribution in [0.25, 0.3) is 0 Å². The van der Waals surface area contributed by atoms with E-state index in [4.69, 9.17) is 10.4 Å². The number of hydrogen-bond acceptors (Lipinski definition) is 4. The lowest BCUT2D eigenvalue weighted by atomic mass is 10.3. The molecule has 6 heteroatoms. The number of nitrogens with one attached hydrogen (secondary N) is 1. The third-order valence-corrected chi connectivity index (χ3v) is 1.59. The summed E-state index contributed by atoms with van der Waals surface area (Å²) < 4.78 is 1.09. The van der Waals surface area contributed by atoms with Crippen molar-refractivity contribution < 1.29 is 5.11 Å². The number of rotatable bonds is 2. The van der Waals surface area contributed by atoms with E-state index in [0.717, 1.165) is 10.8 Å². The van der Waals surface area contributed by atoms with E-state index < -0.39 is 17.4 Å². The van der Waals surface area contributed by atoms with Gasteiger partial charge in [-0.15, -0.1) is 0 Å². The molecule has 0 aliphatic carbocycles. The van der Waals surface area contributed by atoms with Crippen molar-refractivity contribution in [3.8, 4) is 6.07 Å². The maximum Gasteiger partial charge on any atom is 0.328 e. The molecule has 1 atom stereocenters. The number of aliphatic hydroxyl groups is 1. The quantitative estimate of drug-likeness (QED) is 0.618. The molecule has 0 unspecified atom stereocenters. The molecule has 0 aliphatic heterocycles. The Balaban J connectivity index is 3.27. The second kappa shape index (κ2) is 3.89. The fourth-order valence-corrected chi connectivity index (χ4v) is 1.01. The highest BCUT2D eigenvalue weighted by Gasteiger charge is 2.05. The second-order valence-electron chi connectivity index (χ2n) is 2.92. The minimum atomic E-state index is -0.717. The first kappa shape index (κ1) is 10.2. The van der Waals surface area contributed by atoms with Crippen LogP contribution in [-0.4, -0.2) is 20.8 Å². The number of aromatic nitrogens is 2. The van der Waals surface area contributed by atoms with Crippen LogP contribution in [0.15, 0.2) is 15.8 Å². The number of aliphatic hydroxyl groups excluding tert-OH is 1. The molecular formula is C8H9N3O3. The lowest BCUT2D eigenvalue weighted by Crippen LogP contribution is -2.33. The van der Waals surface area contributed by atoms with Crippen LogP contribution in [-0.2, 0) is 6.54 Å². The van der Waals surface area contributed by atoms with Gasteiger partial charge in [-0.2, -0.15) is 5.26 Å². The Bertz CT molecular complexity index is 478. The van der Waals surface area contributed by atoms with Gasteiger partial charge in [0.25, 0.3) is 5.56 Å². The van der Waals surface area contributed by atoms with Crippen molar-refractivity contribution in [1.82, 2.24) is 9.55 Å². The van der Waals surface area contributed by atoms with Crippen LogP contribution in [0, 0.1) is 11.3 Å². The standard InChI is InChI=1S/C8H9N3O3/c1-5(12)3-11-4-6(2-9)7(13)10-8(11)14/h4-5,12H,3H2,1H3,(H,10,13,14)/t5-/m0/s1. The van der Waals surface area contributed by atoms with Gasteiger partial charge in [-0.1, -0.05) is 0 Å². The molecule has 0 saturated heterocycles. The van der Waals surface area contributed by atoms with E-state index in [2.05, 4.69) is 0 Å². The van der Waals surface area contributed by atoms with Gasteiger partial charge in [0.2, 0.25) is 0 Å². The van der Waals surface area contributed by atoms with E-state index >= 15 is 0 Å². The van der Waals surface area contributed by atoms with Crippen molar-refractivity contribution >= 4 is 0 Å². The van der Waals surface area contributed by atoms with E-state index in [-0.39, 0.29) is 12.1 Å². The highest BCUT2D eigenvalue weighted by atomic mass is 16.3. The van der Waals surface area contributed by atoms with Gasteiger partial charge in [0, 0.05) is 6.20 Å². The molecule has 1 rings (SSSR count). The van der Waals surface area contributed by atoms with Crippen molar-refractivity contribution in [2.24, 2.45) is 0 Å². The van der Waals surface area contributed by atoms with Gasteiger partial charge < -0.3 is 5.11 Å². The number of hydrogen-bond donors (Lipinski definition) is 2.